The van der Waals surface area contributed by atoms with Gasteiger partial charge in [-0.15, -0.1) is 0 Å². The van der Waals surface area contributed by atoms with E-state index in [9.17, 15) is 4.79 Å². The average Bonchev–Trinajstić information content (AvgIpc) is 2.41. The molecular formula is C15H19ClN2O. The summed E-state index contributed by atoms with van der Waals surface area (Å²) in [7, 11) is 0. The molecule has 1 amide bonds. The minimum absolute atomic E-state index is 0.108. The Kier molecular flexibility index (Phi) is 3.17. The van der Waals surface area contributed by atoms with Crippen molar-refractivity contribution in [1.29, 1.82) is 0 Å². The predicted molar refractivity (Wildman–Crippen MR) is 78.7 cm³/mol. The first-order valence-corrected chi connectivity index (χ1v) is 7.40. The maximum absolute atomic E-state index is 12.4. The van der Waals surface area contributed by atoms with Crippen LogP contribution >= 0.6 is 11.6 Å². The van der Waals surface area contributed by atoms with Crippen LogP contribution in [0.3, 0.4) is 0 Å². The molecule has 102 valence electrons. The Morgan fingerprint density at radius 1 is 1.32 bits per heavy atom. The third-order valence-corrected chi connectivity index (χ3v) is 4.81. The van der Waals surface area contributed by atoms with Crippen LogP contribution in [0.2, 0.25) is 5.02 Å². The molecule has 1 aromatic carbocycles. The topological polar surface area (TPSA) is 41.1 Å². The van der Waals surface area contributed by atoms with Crippen molar-refractivity contribution < 1.29 is 4.79 Å². The molecule has 1 spiro atoms. The van der Waals surface area contributed by atoms with Crippen LogP contribution in [-0.4, -0.2) is 11.4 Å². The summed E-state index contributed by atoms with van der Waals surface area (Å²) in [5.74, 6) is 0.873. The molecule has 1 fully saturated rings. The molecule has 0 aromatic heterocycles. The van der Waals surface area contributed by atoms with E-state index >= 15 is 0 Å². The SMILES string of the molecule is CCC1CCC2(CC1)Nc1cc(Cl)ccc1NC2=O. The van der Waals surface area contributed by atoms with Gasteiger partial charge in [0.15, 0.2) is 0 Å². The number of carbonyl (C=O) groups excluding carboxylic acids is 1. The molecular weight excluding hydrogens is 260 g/mol. The minimum atomic E-state index is -0.427. The monoisotopic (exact) mass is 278 g/mol. The fraction of sp³-hybridized carbons (Fsp3) is 0.533. The molecule has 1 heterocycles. The van der Waals surface area contributed by atoms with Crippen molar-refractivity contribution >= 4 is 28.9 Å². The first-order valence-electron chi connectivity index (χ1n) is 7.02. The van der Waals surface area contributed by atoms with E-state index in [0.29, 0.717) is 5.02 Å². The van der Waals surface area contributed by atoms with Crippen molar-refractivity contribution in [2.45, 2.75) is 44.6 Å². The lowest BCUT2D eigenvalue weighted by atomic mass is 9.74. The van der Waals surface area contributed by atoms with Crippen LogP contribution in [0, 0.1) is 5.92 Å². The van der Waals surface area contributed by atoms with Crippen molar-refractivity contribution in [2.75, 3.05) is 10.6 Å². The van der Waals surface area contributed by atoms with Gasteiger partial charge in [-0.2, -0.15) is 0 Å². The van der Waals surface area contributed by atoms with E-state index in [1.165, 1.54) is 6.42 Å². The van der Waals surface area contributed by atoms with Crippen LogP contribution in [0.4, 0.5) is 11.4 Å². The highest BCUT2D eigenvalue weighted by molar-refractivity contribution is 6.31. The van der Waals surface area contributed by atoms with Crippen molar-refractivity contribution in [2.24, 2.45) is 5.92 Å². The van der Waals surface area contributed by atoms with Gasteiger partial charge >= 0.3 is 0 Å². The summed E-state index contributed by atoms with van der Waals surface area (Å²) in [6.45, 7) is 2.23. The van der Waals surface area contributed by atoms with Crippen LogP contribution in [0.25, 0.3) is 0 Å². The Morgan fingerprint density at radius 3 is 2.74 bits per heavy atom. The number of amides is 1. The molecule has 2 N–H and O–H groups in total. The number of nitrogens with one attached hydrogen (secondary N) is 2. The largest absolute Gasteiger partial charge is 0.369 e. The van der Waals surface area contributed by atoms with E-state index in [0.717, 1.165) is 43.0 Å². The zero-order chi connectivity index (χ0) is 13.5. The maximum Gasteiger partial charge on any atom is 0.250 e. The Morgan fingerprint density at radius 2 is 2.05 bits per heavy atom. The van der Waals surface area contributed by atoms with Gasteiger partial charge in [0.2, 0.25) is 5.91 Å². The molecule has 3 rings (SSSR count). The third-order valence-electron chi connectivity index (χ3n) is 4.57. The quantitative estimate of drug-likeness (QED) is 0.814. The van der Waals surface area contributed by atoms with E-state index in [1.807, 2.05) is 12.1 Å². The standard InChI is InChI=1S/C15H19ClN2O/c1-2-10-5-7-15(8-6-10)14(19)17-12-4-3-11(16)9-13(12)18-15/h3-4,9-10,18H,2,5-8H2,1H3,(H,17,19). The molecule has 1 aromatic rings. The molecule has 19 heavy (non-hydrogen) atoms. The van der Waals surface area contributed by atoms with E-state index in [1.54, 1.807) is 6.07 Å². The van der Waals surface area contributed by atoms with Gasteiger partial charge in [-0.3, -0.25) is 4.79 Å². The maximum atomic E-state index is 12.4. The summed E-state index contributed by atoms with van der Waals surface area (Å²) in [6.07, 6.45) is 5.26. The second kappa shape index (κ2) is 4.71. The first kappa shape index (κ1) is 12.8. The van der Waals surface area contributed by atoms with E-state index in [4.69, 9.17) is 11.6 Å². The van der Waals surface area contributed by atoms with Gasteiger partial charge in [-0.05, 0) is 49.8 Å². The highest BCUT2D eigenvalue weighted by atomic mass is 35.5. The summed E-state index contributed by atoms with van der Waals surface area (Å²) in [6, 6.07) is 5.55. The molecule has 0 bridgehead atoms. The Balaban J connectivity index is 1.87. The van der Waals surface area contributed by atoms with Gasteiger partial charge in [0.05, 0.1) is 11.4 Å². The summed E-state index contributed by atoms with van der Waals surface area (Å²) < 4.78 is 0. The zero-order valence-corrected chi connectivity index (χ0v) is 11.9. The normalized spacial score (nSPS) is 29.6. The summed E-state index contributed by atoms with van der Waals surface area (Å²) in [4.78, 5) is 12.4. The molecule has 3 nitrogen and oxygen atoms in total. The van der Waals surface area contributed by atoms with Gasteiger partial charge in [0.1, 0.15) is 5.54 Å². The number of halogens is 1. The molecule has 1 saturated carbocycles. The second-order valence-electron chi connectivity index (χ2n) is 5.70. The fourth-order valence-electron chi connectivity index (χ4n) is 3.22. The van der Waals surface area contributed by atoms with Gasteiger partial charge < -0.3 is 10.6 Å². The number of carbonyl (C=O) groups is 1. The third kappa shape index (κ3) is 2.20. The van der Waals surface area contributed by atoms with Crippen LogP contribution in [-0.2, 0) is 4.79 Å². The number of hydrogen-bond acceptors (Lipinski definition) is 2. The van der Waals surface area contributed by atoms with Crippen LogP contribution in [0.1, 0.15) is 39.0 Å². The number of rotatable bonds is 1. The minimum Gasteiger partial charge on any atom is -0.369 e. The van der Waals surface area contributed by atoms with Crippen LogP contribution in [0.5, 0.6) is 0 Å². The van der Waals surface area contributed by atoms with Crippen molar-refractivity contribution in [1.82, 2.24) is 0 Å². The molecule has 0 atom stereocenters. The Bertz CT molecular complexity index is 507. The average molecular weight is 279 g/mol. The number of anilines is 2. The van der Waals surface area contributed by atoms with Gasteiger partial charge in [-0.1, -0.05) is 24.9 Å². The molecule has 0 saturated heterocycles. The Hall–Kier alpha value is -1.22. The van der Waals surface area contributed by atoms with Crippen molar-refractivity contribution in [3.63, 3.8) is 0 Å². The van der Waals surface area contributed by atoms with Crippen molar-refractivity contribution in [3.8, 4) is 0 Å². The van der Waals surface area contributed by atoms with Crippen LogP contribution < -0.4 is 10.6 Å². The molecule has 0 unspecified atom stereocenters. The van der Waals surface area contributed by atoms with E-state index in [-0.39, 0.29) is 5.91 Å². The smallest absolute Gasteiger partial charge is 0.250 e. The summed E-state index contributed by atoms with van der Waals surface area (Å²) in [5.41, 5.74) is 1.35. The zero-order valence-electron chi connectivity index (χ0n) is 11.1. The van der Waals surface area contributed by atoms with Gasteiger partial charge in [0, 0.05) is 5.02 Å². The summed E-state index contributed by atoms with van der Waals surface area (Å²) >= 11 is 6.03. The summed E-state index contributed by atoms with van der Waals surface area (Å²) in [5, 5.41) is 7.17. The number of benzene rings is 1. The lowest BCUT2D eigenvalue weighted by Gasteiger charge is -2.43. The van der Waals surface area contributed by atoms with E-state index < -0.39 is 5.54 Å². The lowest BCUT2D eigenvalue weighted by molar-refractivity contribution is -0.121. The van der Waals surface area contributed by atoms with Gasteiger partial charge in [-0.25, -0.2) is 0 Å². The first-order chi connectivity index (χ1) is 9.13. The highest BCUT2D eigenvalue weighted by Gasteiger charge is 2.44. The second-order valence-corrected chi connectivity index (χ2v) is 6.14. The van der Waals surface area contributed by atoms with Crippen molar-refractivity contribution in [3.05, 3.63) is 23.2 Å². The molecule has 4 heteroatoms. The molecule has 2 aliphatic rings. The molecule has 1 aliphatic heterocycles. The lowest BCUT2D eigenvalue weighted by Crippen LogP contribution is -2.54. The molecule has 0 radical (unpaired) electrons. The Labute approximate surface area is 118 Å². The van der Waals surface area contributed by atoms with Crippen LogP contribution in [0.15, 0.2) is 18.2 Å². The highest BCUT2D eigenvalue weighted by Crippen LogP contribution is 2.41. The fourth-order valence-corrected chi connectivity index (χ4v) is 3.39. The molecule has 1 aliphatic carbocycles. The number of hydrogen-bond donors (Lipinski definition) is 2. The predicted octanol–water partition coefficient (Wildman–Crippen LogP) is 4.04. The van der Waals surface area contributed by atoms with E-state index in [2.05, 4.69) is 17.6 Å². The number of fused-ring (bicyclic) bond motifs is 1. The van der Waals surface area contributed by atoms with Gasteiger partial charge in [0.25, 0.3) is 0 Å².